The van der Waals surface area contributed by atoms with Crippen molar-refractivity contribution in [3.8, 4) is 0 Å². The largest absolute Gasteiger partial charge is 0.478 e. The van der Waals surface area contributed by atoms with E-state index in [4.69, 9.17) is 5.11 Å². The van der Waals surface area contributed by atoms with Crippen LogP contribution in [-0.2, 0) is 6.14 Å². The number of carboxylic acids is 1. The minimum absolute atomic E-state index is 0.132. The van der Waals surface area contributed by atoms with E-state index in [1.165, 1.54) is 6.07 Å². The lowest BCUT2D eigenvalue weighted by Crippen LogP contribution is -2.01. The van der Waals surface area contributed by atoms with E-state index in [1.54, 1.807) is 0 Å². The van der Waals surface area contributed by atoms with Crippen molar-refractivity contribution in [3.05, 3.63) is 45.0 Å². The summed E-state index contributed by atoms with van der Waals surface area (Å²) < 4.78 is 48.0. The third kappa shape index (κ3) is 2.05. The van der Waals surface area contributed by atoms with Gasteiger partial charge in [0.15, 0.2) is 11.6 Å². The van der Waals surface area contributed by atoms with E-state index >= 15 is 0 Å². The van der Waals surface area contributed by atoms with Crippen molar-refractivity contribution in [2.45, 2.75) is 0 Å². The van der Waals surface area contributed by atoms with Gasteiger partial charge in [0.2, 0.25) is 0 Å². The number of halogens is 3. The molecule has 0 unspecified atom stereocenters. The van der Waals surface area contributed by atoms with Gasteiger partial charge in [-0.15, -0.1) is 0 Å². The molecule has 0 aromatic heterocycles. The minimum atomic E-state index is -4.11. The first kappa shape index (κ1) is 12.8. The summed E-state index contributed by atoms with van der Waals surface area (Å²) in [6.07, 6.45) is 0. The van der Waals surface area contributed by atoms with Gasteiger partial charge in [0.25, 0.3) is 0 Å². The standard InChI is InChI=1S/C11H5F2IO4/c12-8-2-1-5-3-7(11(15)16)9(14(17)18)4-6(5)10(8)13/h1-4H,(H,15,16). The summed E-state index contributed by atoms with van der Waals surface area (Å²) in [6.45, 7) is 0. The fourth-order valence-electron chi connectivity index (χ4n) is 1.57. The van der Waals surface area contributed by atoms with Crippen LogP contribution >= 0.6 is 19.8 Å². The van der Waals surface area contributed by atoms with Crippen LogP contribution < -0.4 is 0 Å². The van der Waals surface area contributed by atoms with E-state index in [9.17, 15) is 19.7 Å². The summed E-state index contributed by atoms with van der Waals surface area (Å²) in [5.41, 5.74) is -0.427. The van der Waals surface area contributed by atoms with Crippen molar-refractivity contribution in [2.75, 3.05) is 0 Å². The smallest absolute Gasteiger partial charge is 0.341 e. The Morgan fingerprint density at radius 2 is 1.83 bits per heavy atom. The Balaban J connectivity index is 2.94. The highest BCUT2D eigenvalue weighted by Gasteiger charge is 2.18. The SMILES string of the molecule is O=C(O)c1cc2ccc(F)c(F)c2cc1I(=O)=O. The maximum absolute atomic E-state index is 13.5. The molecule has 7 heteroatoms. The van der Waals surface area contributed by atoms with E-state index in [0.29, 0.717) is 0 Å². The Morgan fingerprint density at radius 1 is 1.17 bits per heavy atom. The molecule has 0 heterocycles. The maximum atomic E-state index is 13.5. The average molecular weight is 366 g/mol. The Morgan fingerprint density at radius 3 is 2.39 bits per heavy atom. The Kier molecular flexibility index (Phi) is 3.24. The molecule has 2 aromatic rings. The second-order valence-electron chi connectivity index (χ2n) is 3.44. The molecule has 0 saturated carbocycles. The van der Waals surface area contributed by atoms with Gasteiger partial charge in [-0.3, -0.25) is 0 Å². The first-order chi connectivity index (χ1) is 8.41. The van der Waals surface area contributed by atoms with Crippen molar-refractivity contribution < 1.29 is 24.8 Å². The quantitative estimate of drug-likeness (QED) is 0.829. The molecule has 0 aliphatic heterocycles. The van der Waals surface area contributed by atoms with Gasteiger partial charge in [0.1, 0.15) is 0 Å². The van der Waals surface area contributed by atoms with Crippen molar-refractivity contribution in [3.63, 3.8) is 0 Å². The second kappa shape index (κ2) is 4.56. The minimum Gasteiger partial charge on any atom is -0.478 e. The molecular weight excluding hydrogens is 361 g/mol. The van der Waals surface area contributed by atoms with E-state index < -0.39 is 46.5 Å². The van der Waals surface area contributed by atoms with E-state index in [2.05, 4.69) is 0 Å². The lowest BCUT2D eigenvalue weighted by atomic mass is 10.1. The second-order valence-corrected chi connectivity index (χ2v) is 5.84. The molecule has 4 nitrogen and oxygen atoms in total. The number of carboxylic acid groups (broad SMARTS) is 1. The predicted molar refractivity (Wildman–Crippen MR) is 64.9 cm³/mol. The van der Waals surface area contributed by atoms with Crippen LogP contribution in [0.3, 0.4) is 0 Å². The lowest BCUT2D eigenvalue weighted by Gasteiger charge is -2.04. The molecule has 0 bridgehead atoms. The molecule has 0 aliphatic carbocycles. The lowest BCUT2D eigenvalue weighted by molar-refractivity contribution is 0.0696. The molecule has 1 N–H and O–H groups in total. The van der Waals surface area contributed by atoms with Crippen LogP contribution in [-0.4, -0.2) is 11.1 Å². The van der Waals surface area contributed by atoms with Crippen molar-refractivity contribution in [2.24, 2.45) is 0 Å². The molecule has 0 radical (unpaired) electrons. The summed E-state index contributed by atoms with van der Waals surface area (Å²) in [5.74, 6) is -3.73. The van der Waals surface area contributed by atoms with Crippen LogP contribution in [0.25, 0.3) is 10.8 Å². The van der Waals surface area contributed by atoms with Crippen molar-refractivity contribution in [1.82, 2.24) is 0 Å². The van der Waals surface area contributed by atoms with E-state index in [1.807, 2.05) is 0 Å². The zero-order valence-electron chi connectivity index (χ0n) is 8.62. The van der Waals surface area contributed by atoms with Gasteiger partial charge in [0.05, 0.1) is 9.13 Å². The van der Waals surface area contributed by atoms with Crippen LogP contribution in [0.1, 0.15) is 10.4 Å². The zero-order valence-corrected chi connectivity index (χ0v) is 10.8. The van der Waals surface area contributed by atoms with Crippen LogP contribution in [0.5, 0.6) is 0 Å². The normalized spacial score (nSPS) is 11.1. The maximum Gasteiger partial charge on any atom is 0.341 e. The molecule has 0 spiro atoms. The molecule has 0 atom stereocenters. The molecule has 2 rings (SSSR count). The summed E-state index contributed by atoms with van der Waals surface area (Å²) in [5, 5.41) is 8.76. The Hall–Kier alpha value is -1.64. The van der Waals surface area contributed by atoms with Crippen LogP contribution in [0, 0.1) is 15.2 Å². The summed E-state index contributed by atoms with van der Waals surface area (Å²) in [6, 6.07) is 3.93. The molecule has 18 heavy (non-hydrogen) atoms. The molecule has 0 fully saturated rings. The van der Waals surface area contributed by atoms with E-state index in [0.717, 1.165) is 18.2 Å². The van der Waals surface area contributed by atoms with Crippen molar-refractivity contribution >= 4 is 36.5 Å². The van der Waals surface area contributed by atoms with Gasteiger partial charge in [0, 0.05) is 5.39 Å². The first-order valence-corrected chi connectivity index (χ1v) is 7.46. The van der Waals surface area contributed by atoms with Gasteiger partial charge in [-0.2, -0.15) is 0 Å². The molecule has 0 aliphatic rings. The molecular formula is C11H5F2IO4. The first-order valence-electron chi connectivity index (χ1n) is 4.62. The highest BCUT2D eigenvalue weighted by Crippen LogP contribution is 2.29. The number of fused-ring (bicyclic) bond motifs is 1. The molecule has 0 amide bonds. The zero-order chi connectivity index (χ0) is 13.4. The number of hydrogen-bond donors (Lipinski definition) is 1. The highest BCUT2D eigenvalue weighted by atomic mass is 127. The van der Waals surface area contributed by atoms with E-state index in [-0.39, 0.29) is 10.8 Å². The average Bonchev–Trinajstić information content (AvgIpc) is 2.32. The number of benzene rings is 2. The van der Waals surface area contributed by atoms with Crippen molar-refractivity contribution in [1.29, 1.82) is 0 Å². The number of carbonyl (C=O) groups is 1. The Bertz CT molecular complexity index is 729. The third-order valence-electron chi connectivity index (χ3n) is 2.39. The molecule has 2 aromatic carbocycles. The predicted octanol–water partition coefficient (Wildman–Crippen LogP) is 3.18. The van der Waals surface area contributed by atoms with Gasteiger partial charge >= 0.3 is 25.8 Å². The molecule has 94 valence electrons. The number of hydrogen-bond acceptors (Lipinski definition) is 3. The summed E-state index contributed by atoms with van der Waals surface area (Å²) in [7, 11) is 0. The number of rotatable bonds is 2. The Labute approximate surface area is 106 Å². The monoisotopic (exact) mass is 366 g/mol. The van der Waals surface area contributed by atoms with Gasteiger partial charge in [-0.1, -0.05) is 6.07 Å². The van der Waals surface area contributed by atoms with Gasteiger partial charge in [-0.25, -0.2) is 19.7 Å². The third-order valence-corrected chi connectivity index (χ3v) is 4.23. The summed E-state index contributed by atoms with van der Waals surface area (Å²) >= 11 is -4.11. The number of aromatic carboxylic acids is 1. The highest BCUT2D eigenvalue weighted by molar-refractivity contribution is 14.2. The summed E-state index contributed by atoms with van der Waals surface area (Å²) in [4.78, 5) is 10.9. The topological polar surface area (TPSA) is 71.4 Å². The fraction of sp³-hybridized carbons (Fsp3) is 0. The van der Waals surface area contributed by atoms with Crippen LogP contribution in [0.2, 0.25) is 0 Å². The fourth-order valence-corrected chi connectivity index (χ4v) is 3.00. The van der Waals surface area contributed by atoms with Crippen LogP contribution in [0.4, 0.5) is 8.78 Å². The van der Waals surface area contributed by atoms with Gasteiger partial charge < -0.3 is 5.11 Å². The molecule has 0 saturated heterocycles. The van der Waals surface area contributed by atoms with Crippen LogP contribution in [0.15, 0.2) is 24.3 Å². The van der Waals surface area contributed by atoms with Gasteiger partial charge in [-0.05, 0) is 23.6 Å².